The van der Waals surface area contributed by atoms with Crippen LogP contribution in [0.3, 0.4) is 0 Å². The van der Waals surface area contributed by atoms with E-state index in [4.69, 9.17) is 0 Å². The number of amides is 4. The van der Waals surface area contributed by atoms with Gasteiger partial charge in [0, 0.05) is 23.7 Å². The summed E-state index contributed by atoms with van der Waals surface area (Å²) < 4.78 is 24.0. The van der Waals surface area contributed by atoms with Crippen LogP contribution in [-0.4, -0.2) is 61.9 Å². The van der Waals surface area contributed by atoms with Crippen LogP contribution in [0, 0.1) is 0 Å². The minimum absolute atomic E-state index is 0.0158. The van der Waals surface area contributed by atoms with Crippen LogP contribution in [0.5, 0.6) is 0 Å². The van der Waals surface area contributed by atoms with Crippen molar-refractivity contribution in [1.29, 1.82) is 0 Å². The zero-order valence-electron chi connectivity index (χ0n) is 24.0. The molecule has 0 radical (unpaired) electrons. The van der Waals surface area contributed by atoms with Gasteiger partial charge in [-0.1, -0.05) is 43.3 Å². The summed E-state index contributed by atoms with van der Waals surface area (Å²) in [4.78, 5) is 57.3. The van der Waals surface area contributed by atoms with Crippen LogP contribution in [-0.2, 0) is 25.8 Å². The van der Waals surface area contributed by atoms with Crippen LogP contribution < -0.4 is 21.3 Å². The van der Waals surface area contributed by atoms with E-state index in [1.165, 1.54) is 35.6 Å². The minimum Gasteiger partial charge on any atom is -0.351 e. The summed E-state index contributed by atoms with van der Waals surface area (Å²) in [5, 5.41) is 13.6. The second-order valence-corrected chi connectivity index (χ2v) is 13.3. The molecule has 2 bridgehead atoms. The van der Waals surface area contributed by atoms with E-state index >= 15 is 0 Å². The number of aromatic nitrogens is 1. The van der Waals surface area contributed by atoms with Crippen molar-refractivity contribution >= 4 is 44.8 Å². The number of hydrogen-bond donors (Lipinski definition) is 4. The second kappa shape index (κ2) is 14.4. The number of nitrogens with one attached hydrogen (secondary N) is 4. The molecule has 2 aromatic carbocycles. The van der Waals surface area contributed by atoms with Gasteiger partial charge in [-0.3, -0.25) is 19.2 Å². The number of sulfone groups is 1. The van der Waals surface area contributed by atoms with Gasteiger partial charge in [-0.25, -0.2) is 13.4 Å². The van der Waals surface area contributed by atoms with E-state index < -0.39 is 45.7 Å². The maximum absolute atomic E-state index is 13.5. The van der Waals surface area contributed by atoms with Gasteiger partial charge in [-0.15, -0.1) is 11.3 Å². The van der Waals surface area contributed by atoms with Gasteiger partial charge < -0.3 is 21.3 Å². The van der Waals surface area contributed by atoms with Crippen molar-refractivity contribution in [2.45, 2.75) is 62.0 Å². The summed E-state index contributed by atoms with van der Waals surface area (Å²) >= 11 is 1.28. The Morgan fingerprint density at radius 3 is 2.47 bits per heavy atom. The fourth-order valence-corrected chi connectivity index (χ4v) is 6.16. The van der Waals surface area contributed by atoms with Gasteiger partial charge in [-0.05, 0) is 55.9 Å². The molecule has 43 heavy (non-hydrogen) atoms. The monoisotopic (exact) mass is 625 g/mol. The van der Waals surface area contributed by atoms with Gasteiger partial charge in [0.25, 0.3) is 11.8 Å². The van der Waals surface area contributed by atoms with E-state index in [1.807, 2.05) is 30.3 Å². The summed E-state index contributed by atoms with van der Waals surface area (Å²) in [6.07, 6.45) is 3.00. The third-order valence-corrected chi connectivity index (χ3v) is 9.11. The average molecular weight is 626 g/mol. The Morgan fingerprint density at radius 2 is 1.74 bits per heavy atom. The number of benzene rings is 2. The highest BCUT2D eigenvalue weighted by atomic mass is 32.2. The summed E-state index contributed by atoms with van der Waals surface area (Å²) in [5.74, 6) is -1.91. The molecule has 1 aliphatic rings. The second-order valence-electron chi connectivity index (χ2n) is 10.4. The van der Waals surface area contributed by atoms with Crippen molar-refractivity contribution in [3.05, 3.63) is 81.8 Å². The number of carbonyl (C=O) groups excluding carboxylic acids is 4. The molecule has 4 N–H and O–H groups in total. The van der Waals surface area contributed by atoms with Gasteiger partial charge in [0.1, 0.15) is 22.8 Å². The highest BCUT2D eigenvalue weighted by Crippen LogP contribution is 2.23. The van der Waals surface area contributed by atoms with Crippen LogP contribution in [0.15, 0.2) is 64.9 Å². The molecule has 3 aromatic rings. The smallest absolute Gasteiger partial charge is 0.270 e. The fourth-order valence-electron chi connectivity index (χ4n) is 4.64. The molecule has 0 saturated heterocycles. The first-order valence-electron chi connectivity index (χ1n) is 14.0. The molecule has 0 aliphatic carbocycles. The molecular weight excluding hydrogens is 590 g/mol. The average Bonchev–Trinajstić information content (AvgIpc) is 3.49. The summed E-state index contributed by atoms with van der Waals surface area (Å²) in [7, 11) is -3.54. The van der Waals surface area contributed by atoms with Crippen LogP contribution in [0.25, 0.3) is 0 Å². The quantitative estimate of drug-likeness (QED) is 0.327. The minimum atomic E-state index is -3.54. The Labute approximate surface area is 254 Å². The van der Waals surface area contributed by atoms with Crippen LogP contribution in [0.4, 0.5) is 0 Å². The molecular formula is C30H35N5O6S2. The van der Waals surface area contributed by atoms with Crippen molar-refractivity contribution in [1.82, 2.24) is 26.3 Å². The molecule has 13 heteroatoms. The SMILES string of the molecule is CC[C@H]1NC(=O)[C@@H](NC(=O)c2cccc(S(C)(=O)=O)c2)CCCCNC(=O)c2csc(n2)[C@H](Cc2ccccc2)NC1=O. The van der Waals surface area contributed by atoms with Crippen molar-refractivity contribution in [3.8, 4) is 0 Å². The molecule has 1 aromatic heterocycles. The highest BCUT2D eigenvalue weighted by Gasteiger charge is 2.29. The zero-order chi connectivity index (χ0) is 31.0. The molecule has 11 nitrogen and oxygen atoms in total. The third kappa shape index (κ3) is 8.71. The number of nitrogens with zero attached hydrogens (tertiary/aromatic N) is 1. The lowest BCUT2D eigenvalue weighted by Gasteiger charge is -2.25. The Kier molecular flexibility index (Phi) is 10.6. The molecule has 0 fully saturated rings. The van der Waals surface area contributed by atoms with Gasteiger partial charge >= 0.3 is 0 Å². The molecule has 3 atom stereocenters. The number of fused-ring (bicyclic) bond motifs is 2. The van der Waals surface area contributed by atoms with Crippen LogP contribution >= 0.6 is 11.3 Å². The van der Waals surface area contributed by atoms with Crippen molar-refractivity contribution in [2.75, 3.05) is 12.8 Å². The molecule has 0 saturated carbocycles. The first-order valence-corrected chi connectivity index (χ1v) is 16.8. The topological polar surface area (TPSA) is 163 Å². The number of thiazole rings is 1. The maximum Gasteiger partial charge on any atom is 0.270 e. The number of hydrogen-bond acceptors (Lipinski definition) is 8. The lowest BCUT2D eigenvalue weighted by molar-refractivity contribution is -0.130. The van der Waals surface area contributed by atoms with Crippen molar-refractivity contribution in [3.63, 3.8) is 0 Å². The Balaban J connectivity index is 1.57. The van der Waals surface area contributed by atoms with Crippen LogP contribution in [0.2, 0.25) is 0 Å². The number of carbonyl (C=O) groups is 4. The zero-order valence-corrected chi connectivity index (χ0v) is 25.6. The Morgan fingerprint density at radius 1 is 1.00 bits per heavy atom. The Hall–Kier alpha value is -4.10. The normalized spacial score (nSPS) is 20.4. The third-order valence-electron chi connectivity index (χ3n) is 7.04. The van der Waals surface area contributed by atoms with E-state index in [0.717, 1.165) is 11.8 Å². The lowest BCUT2D eigenvalue weighted by atomic mass is 10.0. The molecule has 0 unspecified atom stereocenters. The van der Waals surface area contributed by atoms with E-state index in [-0.39, 0.29) is 34.9 Å². The predicted molar refractivity (Wildman–Crippen MR) is 162 cm³/mol. The molecule has 4 amide bonds. The lowest BCUT2D eigenvalue weighted by Crippen LogP contribution is -2.54. The molecule has 1 aliphatic heterocycles. The van der Waals surface area contributed by atoms with Crippen LogP contribution in [0.1, 0.15) is 70.1 Å². The first-order chi connectivity index (χ1) is 20.5. The van der Waals surface area contributed by atoms with Crippen molar-refractivity contribution < 1.29 is 27.6 Å². The molecule has 228 valence electrons. The Bertz CT molecular complexity index is 1570. The predicted octanol–water partition coefficient (Wildman–Crippen LogP) is 2.55. The van der Waals surface area contributed by atoms with Gasteiger partial charge in [0.2, 0.25) is 11.8 Å². The van der Waals surface area contributed by atoms with Gasteiger partial charge in [0.05, 0.1) is 10.9 Å². The molecule has 2 heterocycles. The summed E-state index contributed by atoms with van der Waals surface area (Å²) in [6.45, 7) is 2.11. The van der Waals surface area contributed by atoms with Gasteiger partial charge in [0.15, 0.2) is 9.84 Å². The first kappa shape index (κ1) is 31.8. The van der Waals surface area contributed by atoms with Gasteiger partial charge in [-0.2, -0.15) is 0 Å². The summed E-state index contributed by atoms with van der Waals surface area (Å²) in [6, 6.07) is 12.7. The van der Waals surface area contributed by atoms with E-state index in [1.54, 1.807) is 12.3 Å². The van der Waals surface area contributed by atoms with Crippen molar-refractivity contribution in [2.24, 2.45) is 0 Å². The standard InChI is InChI=1S/C30H35N5O6S2/c1-3-22-28(38)34-24(16-19-10-5-4-6-11-19)30-35-25(18-42-30)27(37)31-15-8-7-14-23(29(39)32-22)33-26(36)20-12-9-13-21(17-20)43(2,40)41/h4-6,9-13,17-18,22-24H,3,7-8,14-16H2,1-2H3,(H,31,37)(H,32,39)(H,33,36)(H,34,38)/t22-,23+,24+/m1/s1. The largest absolute Gasteiger partial charge is 0.351 e. The van der Waals surface area contributed by atoms with E-state index in [9.17, 15) is 27.6 Å². The molecule has 4 rings (SSSR count). The number of rotatable bonds is 6. The summed E-state index contributed by atoms with van der Waals surface area (Å²) in [5.41, 5.74) is 1.31. The van der Waals surface area contributed by atoms with E-state index in [2.05, 4.69) is 26.3 Å². The maximum atomic E-state index is 13.5. The van der Waals surface area contributed by atoms with E-state index in [0.29, 0.717) is 30.8 Å². The fraction of sp³-hybridized carbons (Fsp3) is 0.367. The molecule has 0 spiro atoms. The highest BCUT2D eigenvalue weighted by molar-refractivity contribution is 7.90.